The lowest BCUT2D eigenvalue weighted by molar-refractivity contribution is -0.00378. The molecular weight excluding hydrogens is 162 g/mol. The summed E-state index contributed by atoms with van der Waals surface area (Å²) < 4.78 is 0. The van der Waals surface area contributed by atoms with Crippen LogP contribution in [0.15, 0.2) is 0 Å². The Bertz CT molecular complexity index is 100. The highest BCUT2D eigenvalue weighted by atomic mass is 16.3. The van der Waals surface area contributed by atoms with Crippen molar-refractivity contribution in [2.75, 3.05) is 13.1 Å². The zero-order chi connectivity index (χ0) is 10.1. The van der Waals surface area contributed by atoms with Crippen LogP contribution in [0.3, 0.4) is 0 Å². The van der Waals surface area contributed by atoms with Crippen LogP contribution in [0, 0.1) is 0 Å². The van der Waals surface area contributed by atoms with Gasteiger partial charge in [-0.15, -0.1) is 0 Å². The van der Waals surface area contributed by atoms with Crippen LogP contribution in [0.25, 0.3) is 0 Å². The summed E-state index contributed by atoms with van der Waals surface area (Å²) in [5.74, 6) is 0. The molecule has 1 N–H and O–H groups in total. The lowest BCUT2D eigenvalue weighted by Crippen LogP contribution is -2.36. The Morgan fingerprint density at radius 3 is 1.92 bits per heavy atom. The molecule has 0 aromatic rings. The smallest absolute Gasteiger partial charge is 0.107 e. The van der Waals surface area contributed by atoms with Crippen LogP contribution in [0.4, 0.5) is 0 Å². The molecule has 2 heteroatoms. The Balaban J connectivity index is 3.72. The van der Waals surface area contributed by atoms with E-state index in [0.29, 0.717) is 0 Å². The van der Waals surface area contributed by atoms with Crippen LogP contribution in [-0.2, 0) is 0 Å². The van der Waals surface area contributed by atoms with Crippen LogP contribution in [0.2, 0.25) is 0 Å². The van der Waals surface area contributed by atoms with Gasteiger partial charge in [0.15, 0.2) is 0 Å². The Hall–Kier alpha value is -0.0800. The molecule has 0 aromatic heterocycles. The van der Waals surface area contributed by atoms with Crippen LogP contribution in [0.1, 0.15) is 52.9 Å². The second-order valence-corrected chi connectivity index (χ2v) is 3.66. The molecule has 13 heavy (non-hydrogen) atoms. The number of hydrogen-bond donors (Lipinski definition) is 1. The molecule has 1 unspecified atom stereocenters. The van der Waals surface area contributed by atoms with Gasteiger partial charge in [-0.05, 0) is 25.7 Å². The predicted octanol–water partition coefficient (Wildman–Crippen LogP) is 2.62. The summed E-state index contributed by atoms with van der Waals surface area (Å²) >= 11 is 0. The predicted molar refractivity (Wildman–Crippen MR) is 57.7 cm³/mol. The second-order valence-electron chi connectivity index (χ2n) is 3.66. The van der Waals surface area contributed by atoms with Gasteiger partial charge in [0, 0.05) is 13.1 Å². The summed E-state index contributed by atoms with van der Waals surface area (Å²) in [7, 11) is 0. The minimum Gasteiger partial charge on any atom is -0.378 e. The lowest BCUT2D eigenvalue weighted by Gasteiger charge is -2.26. The average Bonchev–Trinajstić information content (AvgIpc) is 2.14. The van der Waals surface area contributed by atoms with Crippen molar-refractivity contribution in [3.05, 3.63) is 0 Å². The summed E-state index contributed by atoms with van der Waals surface area (Å²) in [4.78, 5) is 2.19. The molecule has 0 rings (SSSR count). The fourth-order valence-corrected chi connectivity index (χ4v) is 1.55. The molecule has 2 nitrogen and oxygen atoms in total. The van der Waals surface area contributed by atoms with E-state index in [1.165, 1.54) is 6.42 Å². The SMILES string of the molecule is CCCCC(O)N(CCC)CCC. The van der Waals surface area contributed by atoms with Crippen molar-refractivity contribution in [2.24, 2.45) is 0 Å². The van der Waals surface area contributed by atoms with Crippen LogP contribution >= 0.6 is 0 Å². The van der Waals surface area contributed by atoms with E-state index < -0.39 is 0 Å². The first-order chi connectivity index (χ1) is 6.26. The number of aliphatic hydroxyl groups excluding tert-OH is 1. The zero-order valence-corrected chi connectivity index (χ0v) is 9.42. The van der Waals surface area contributed by atoms with E-state index in [0.717, 1.165) is 38.8 Å². The van der Waals surface area contributed by atoms with Gasteiger partial charge in [0.1, 0.15) is 6.23 Å². The summed E-state index contributed by atoms with van der Waals surface area (Å²) in [6, 6.07) is 0. The maximum atomic E-state index is 9.83. The zero-order valence-electron chi connectivity index (χ0n) is 9.42. The molecule has 0 aliphatic rings. The lowest BCUT2D eigenvalue weighted by atomic mass is 10.2. The van der Waals surface area contributed by atoms with E-state index in [9.17, 15) is 5.11 Å². The molecule has 0 saturated heterocycles. The fourth-order valence-electron chi connectivity index (χ4n) is 1.55. The summed E-state index contributed by atoms with van der Waals surface area (Å²) in [6.45, 7) is 8.54. The van der Waals surface area contributed by atoms with Crippen molar-refractivity contribution in [1.82, 2.24) is 4.90 Å². The van der Waals surface area contributed by atoms with Crippen LogP contribution in [-0.4, -0.2) is 29.3 Å². The highest BCUT2D eigenvalue weighted by Gasteiger charge is 2.12. The van der Waals surface area contributed by atoms with E-state index in [2.05, 4.69) is 25.7 Å². The van der Waals surface area contributed by atoms with Crippen molar-refractivity contribution < 1.29 is 5.11 Å². The third-order valence-electron chi connectivity index (χ3n) is 2.26. The molecule has 0 spiro atoms. The van der Waals surface area contributed by atoms with Gasteiger partial charge >= 0.3 is 0 Å². The molecule has 0 aliphatic heterocycles. The number of rotatable bonds is 8. The van der Waals surface area contributed by atoms with Gasteiger partial charge in [0.25, 0.3) is 0 Å². The summed E-state index contributed by atoms with van der Waals surface area (Å²) in [5.41, 5.74) is 0. The first-order valence-electron chi connectivity index (χ1n) is 5.68. The second kappa shape index (κ2) is 8.52. The van der Waals surface area contributed by atoms with Gasteiger partial charge in [0.05, 0.1) is 0 Å². The molecular formula is C11H25NO. The number of nitrogens with zero attached hydrogens (tertiary/aromatic N) is 1. The van der Waals surface area contributed by atoms with Gasteiger partial charge < -0.3 is 5.11 Å². The molecule has 80 valence electrons. The maximum absolute atomic E-state index is 9.83. The molecule has 0 fully saturated rings. The van der Waals surface area contributed by atoms with Crippen molar-refractivity contribution in [2.45, 2.75) is 59.1 Å². The minimum absolute atomic E-state index is 0.208. The highest BCUT2D eigenvalue weighted by molar-refractivity contribution is 4.60. The molecule has 0 aliphatic carbocycles. The number of unbranched alkanes of at least 4 members (excludes halogenated alkanes) is 1. The normalized spacial score (nSPS) is 13.6. The Morgan fingerprint density at radius 1 is 1.00 bits per heavy atom. The fraction of sp³-hybridized carbons (Fsp3) is 1.00. The average molecular weight is 187 g/mol. The Morgan fingerprint density at radius 2 is 1.54 bits per heavy atom. The largest absolute Gasteiger partial charge is 0.378 e. The molecule has 0 aromatic carbocycles. The van der Waals surface area contributed by atoms with Gasteiger partial charge in [-0.3, -0.25) is 4.90 Å². The minimum atomic E-state index is -0.208. The van der Waals surface area contributed by atoms with Gasteiger partial charge in [0.2, 0.25) is 0 Å². The van der Waals surface area contributed by atoms with E-state index in [-0.39, 0.29) is 6.23 Å². The number of aliphatic hydroxyl groups is 1. The van der Waals surface area contributed by atoms with Gasteiger partial charge in [-0.2, -0.15) is 0 Å². The molecule has 0 bridgehead atoms. The third kappa shape index (κ3) is 6.05. The van der Waals surface area contributed by atoms with Gasteiger partial charge in [-0.25, -0.2) is 0 Å². The first kappa shape index (κ1) is 12.9. The Labute approximate surface area is 82.9 Å². The van der Waals surface area contributed by atoms with Crippen LogP contribution in [0.5, 0.6) is 0 Å². The van der Waals surface area contributed by atoms with Gasteiger partial charge in [-0.1, -0.05) is 27.2 Å². The highest BCUT2D eigenvalue weighted by Crippen LogP contribution is 2.07. The molecule has 0 saturated carbocycles. The van der Waals surface area contributed by atoms with E-state index in [1.807, 2.05) is 0 Å². The quantitative estimate of drug-likeness (QED) is 0.590. The summed E-state index contributed by atoms with van der Waals surface area (Å²) in [6.07, 6.45) is 5.27. The van der Waals surface area contributed by atoms with E-state index in [4.69, 9.17) is 0 Å². The van der Waals surface area contributed by atoms with Crippen molar-refractivity contribution in [3.63, 3.8) is 0 Å². The monoisotopic (exact) mass is 187 g/mol. The van der Waals surface area contributed by atoms with Crippen molar-refractivity contribution >= 4 is 0 Å². The summed E-state index contributed by atoms with van der Waals surface area (Å²) in [5, 5.41) is 9.83. The van der Waals surface area contributed by atoms with Crippen molar-refractivity contribution in [1.29, 1.82) is 0 Å². The maximum Gasteiger partial charge on any atom is 0.107 e. The molecule has 0 heterocycles. The standard InChI is InChI=1S/C11H25NO/c1-4-7-8-11(13)12(9-5-2)10-6-3/h11,13H,4-10H2,1-3H3. The molecule has 0 radical (unpaired) electrons. The molecule has 0 amide bonds. The third-order valence-corrected chi connectivity index (χ3v) is 2.26. The van der Waals surface area contributed by atoms with Crippen molar-refractivity contribution in [3.8, 4) is 0 Å². The Kier molecular flexibility index (Phi) is 8.46. The van der Waals surface area contributed by atoms with E-state index in [1.54, 1.807) is 0 Å². The molecule has 1 atom stereocenters. The topological polar surface area (TPSA) is 23.5 Å². The first-order valence-corrected chi connectivity index (χ1v) is 5.68. The number of hydrogen-bond acceptors (Lipinski definition) is 2. The van der Waals surface area contributed by atoms with E-state index >= 15 is 0 Å². The van der Waals surface area contributed by atoms with Crippen LogP contribution < -0.4 is 0 Å².